The molecule has 0 bridgehead atoms. The fourth-order valence-corrected chi connectivity index (χ4v) is 11.3. The molecule has 3 saturated heterocycles. The van der Waals surface area contributed by atoms with Crippen LogP contribution >= 0.6 is 0 Å². The molecule has 46 heavy (non-hydrogen) atoms. The molecule has 0 saturated carbocycles. The predicted octanol–water partition coefficient (Wildman–Crippen LogP) is 5.32. The lowest BCUT2D eigenvalue weighted by Crippen LogP contribution is -2.55. The van der Waals surface area contributed by atoms with E-state index in [1.54, 1.807) is 18.0 Å². The van der Waals surface area contributed by atoms with Crippen molar-refractivity contribution in [2.45, 2.75) is 68.6 Å². The highest BCUT2D eigenvalue weighted by Crippen LogP contribution is 2.60. The smallest absolute Gasteiger partial charge is 0.264 e. The van der Waals surface area contributed by atoms with Gasteiger partial charge in [-0.05, 0) is 81.3 Å². The maximum absolute atomic E-state index is 15.8. The first-order chi connectivity index (χ1) is 22.1. The largest absolute Gasteiger partial charge is 0.396 e. The van der Waals surface area contributed by atoms with Gasteiger partial charge in [0.25, 0.3) is 11.8 Å². The number of nitrogens with one attached hydrogen (secondary N) is 1. The third-order valence-electron chi connectivity index (χ3n) is 10.8. The average molecular weight is 643 g/mol. The molecule has 10 heteroatoms. The van der Waals surface area contributed by atoms with E-state index in [9.17, 15) is 14.7 Å². The SMILES string of the molecule is C[C@H]1[C@H]([Si](C)(C)F)[C@@H](CCO)O[C@]12C(=O)N(Cc1cccc(N3CN(c4ccccc4)C4(CCNCC4)C3=O)c1)c1ccccc12. The van der Waals surface area contributed by atoms with E-state index in [1.165, 1.54) is 0 Å². The molecule has 3 fully saturated rings. The van der Waals surface area contributed by atoms with Crippen molar-refractivity contribution in [3.8, 4) is 0 Å². The molecule has 2 N–H and O–H groups in total. The van der Waals surface area contributed by atoms with Crippen LogP contribution in [0.5, 0.6) is 0 Å². The van der Waals surface area contributed by atoms with E-state index in [4.69, 9.17) is 4.74 Å². The predicted molar refractivity (Wildman–Crippen MR) is 180 cm³/mol. The maximum Gasteiger partial charge on any atom is 0.264 e. The number of hydrogen-bond donors (Lipinski definition) is 2. The number of benzene rings is 3. The number of halogens is 1. The van der Waals surface area contributed by atoms with Crippen molar-refractivity contribution in [3.05, 3.63) is 90.0 Å². The normalized spacial score (nSPS) is 27.3. The number of hydrogen-bond acceptors (Lipinski definition) is 6. The maximum atomic E-state index is 15.8. The van der Waals surface area contributed by atoms with Crippen LogP contribution in [0.3, 0.4) is 0 Å². The van der Waals surface area contributed by atoms with Crippen LogP contribution in [0.4, 0.5) is 21.2 Å². The van der Waals surface area contributed by atoms with E-state index >= 15 is 4.11 Å². The first kappa shape index (κ1) is 31.0. The van der Waals surface area contributed by atoms with Crippen molar-refractivity contribution < 1.29 is 23.5 Å². The lowest BCUT2D eigenvalue weighted by atomic mass is 9.82. The van der Waals surface area contributed by atoms with E-state index in [1.807, 2.05) is 78.6 Å². The lowest BCUT2D eigenvalue weighted by Gasteiger charge is -2.39. The summed E-state index contributed by atoms with van der Waals surface area (Å²) in [5.41, 5.74) is 1.88. The lowest BCUT2D eigenvalue weighted by molar-refractivity contribution is -0.146. The molecule has 3 aromatic rings. The zero-order chi connectivity index (χ0) is 32.3. The van der Waals surface area contributed by atoms with Gasteiger partial charge in [0, 0.05) is 35.0 Å². The molecular formula is C36H43FN4O4Si. The summed E-state index contributed by atoms with van der Waals surface area (Å²) in [4.78, 5) is 34.7. The fourth-order valence-electron chi connectivity index (χ4n) is 8.73. The Morgan fingerprint density at radius 3 is 2.37 bits per heavy atom. The summed E-state index contributed by atoms with van der Waals surface area (Å²) in [6.07, 6.45) is 1.21. The molecule has 0 radical (unpaired) electrons. The Kier molecular flexibility index (Phi) is 7.82. The Balaban J connectivity index is 1.21. The average Bonchev–Trinajstić information content (AvgIpc) is 3.60. The highest BCUT2D eigenvalue weighted by molar-refractivity contribution is 6.72. The van der Waals surface area contributed by atoms with Gasteiger partial charge < -0.3 is 29.1 Å². The summed E-state index contributed by atoms with van der Waals surface area (Å²) < 4.78 is 22.4. The van der Waals surface area contributed by atoms with Gasteiger partial charge in [-0.15, -0.1) is 0 Å². The summed E-state index contributed by atoms with van der Waals surface area (Å²) in [6.45, 7) is 7.44. The standard InChI is InChI=1S/C36H43FN4O4Si/c1-25-32(46(2,3)37)31(16-21-42)45-36(25)29-14-7-8-15-30(29)39(34(36)44)23-26-10-9-13-28(22-26)40-24-41(27-11-5-4-6-12-27)35(33(40)43)17-19-38-20-18-35/h4-15,22,25,31-32,38,42H,16-21,23-24H2,1-3H3/t25-,31+,32-,36+/m0/s1. The van der Waals surface area contributed by atoms with Crippen LogP contribution in [0, 0.1) is 5.92 Å². The first-order valence-electron chi connectivity index (χ1n) is 16.5. The number of aliphatic hydroxyl groups is 1. The van der Waals surface area contributed by atoms with Gasteiger partial charge in [-0.25, -0.2) is 0 Å². The Labute approximate surface area is 271 Å². The molecule has 2 spiro atoms. The molecule has 4 aliphatic heterocycles. The van der Waals surface area contributed by atoms with Crippen LogP contribution < -0.4 is 20.0 Å². The number of rotatable bonds is 7. The highest BCUT2D eigenvalue weighted by Gasteiger charge is 2.66. The molecule has 4 aliphatic rings. The molecule has 4 atom stereocenters. The number of nitrogens with zero attached hydrogens (tertiary/aromatic N) is 3. The minimum absolute atomic E-state index is 0.101. The molecule has 8 nitrogen and oxygen atoms in total. The topological polar surface area (TPSA) is 85.3 Å². The van der Waals surface area contributed by atoms with Crippen LogP contribution in [0.2, 0.25) is 18.6 Å². The van der Waals surface area contributed by atoms with Gasteiger partial charge in [-0.1, -0.05) is 55.5 Å². The van der Waals surface area contributed by atoms with E-state index in [0.717, 1.165) is 54.1 Å². The molecule has 0 unspecified atom stereocenters. The number of carbonyl (C=O) groups excluding carboxylic acids is 2. The van der Waals surface area contributed by atoms with E-state index in [0.29, 0.717) is 6.67 Å². The summed E-state index contributed by atoms with van der Waals surface area (Å²) in [7, 11) is -3.26. The van der Waals surface area contributed by atoms with Crippen molar-refractivity contribution in [2.75, 3.05) is 41.1 Å². The van der Waals surface area contributed by atoms with Crippen molar-refractivity contribution in [2.24, 2.45) is 5.92 Å². The van der Waals surface area contributed by atoms with Crippen molar-refractivity contribution in [1.29, 1.82) is 0 Å². The van der Waals surface area contributed by atoms with Gasteiger partial charge in [0.15, 0.2) is 5.60 Å². The van der Waals surface area contributed by atoms with Crippen molar-refractivity contribution in [1.82, 2.24) is 5.32 Å². The Bertz CT molecular complexity index is 1630. The second kappa shape index (κ2) is 11.6. The van der Waals surface area contributed by atoms with E-state index in [2.05, 4.69) is 22.3 Å². The Morgan fingerprint density at radius 2 is 1.65 bits per heavy atom. The van der Waals surface area contributed by atoms with E-state index in [-0.39, 0.29) is 31.4 Å². The zero-order valence-electron chi connectivity index (χ0n) is 26.8. The van der Waals surface area contributed by atoms with Gasteiger partial charge in [0.1, 0.15) is 5.54 Å². The minimum atomic E-state index is -3.26. The second-order valence-corrected chi connectivity index (χ2v) is 17.6. The monoisotopic (exact) mass is 642 g/mol. The summed E-state index contributed by atoms with van der Waals surface area (Å²) in [6, 6.07) is 25.7. The number of aliphatic hydroxyl groups excluding tert-OH is 1. The highest BCUT2D eigenvalue weighted by atomic mass is 28.4. The van der Waals surface area contributed by atoms with Crippen LogP contribution in [0.25, 0.3) is 0 Å². The molecule has 3 aromatic carbocycles. The van der Waals surface area contributed by atoms with Gasteiger partial charge in [0.05, 0.1) is 25.0 Å². The minimum Gasteiger partial charge on any atom is -0.396 e. The molecule has 242 valence electrons. The van der Waals surface area contributed by atoms with Gasteiger partial charge in [-0.2, -0.15) is 0 Å². The molecular weight excluding hydrogens is 600 g/mol. The number of anilines is 3. The van der Waals surface area contributed by atoms with Gasteiger partial charge in [-0.3, -0.25) is 14.5 Å². The summed E-state index contributed by atoms with van der Waals surface area (Å²) >= 11 is 0. The van der Waals surface area contributed by atoms with Crippen LogP contribution in [-0.4, -0.2) is 63.3 Å². The number of fused-ring (bicyclic) bond motifs is 2. The summed E-state index contributed by atoms with van der Waals surface area (Å²) in [5, 5.41) is 13.2. The molecule has 7 rings (SSSR count). The number of amides is 2. The third kappa shape index (κ3) is 4.72. The van der Waals surface area contributed by atoms with Crippen LogP contribution in [-0.2, 0) is 26.5 Å². The third-order valence-corrected chi connectivity index (χ3v) is 13.2. The Morgan fingerprint density at radius 1 is 0.957 bits per heavy atom. The molecule has 2 amide bonds. The number of piperidine rings is 1. The second-order valence-electron chi connectivity index (χ2n) is 13.8. The quantitative estimate of drug-likeness (QED) is 0.268. The number of ether oxygens (including phenoxy) is 1. The van der Waals surface area contributed by atoms with Gasteiger partial charge in [0.2, 0.25) is 8.41 Å². The first-order valence-corrected chi connectivity index (χ1v) is 19.4. The number of para-hydroxylation sites is 2. The molecule has 0 aliphatic carbocycles. The van der Waals surface area contributed by atoms with Crippen molar-refractivity contribution >= 4 is 37.3 Å². The Hall–Kier alpha value is -3.57. The zero-order valence-corrected chi connectivity index (χ0v) is 27.8. The van der Waals surface area contributed by atoms with Crippen LogP contribution in [0.15, 0.2) is 78.9 Å². The molecule has 0 aromatic heterocycles. The fraction of sp³-hybridized carbons (Fsp3) is 0.444. The molecule has 4 heterocycles. The van der Waals surface area contributed by atoms with Crippen molar-refractivity contribution in [3.63, 3.8) is 0 Å². The van der Waals surface area contributed by atoms with Crippen LogP contribution in [0.1, 0.15) is 37.3 Å². The van der Waals surface area contributed by atoms with E-state index < -0.39 is 37.1 Å². The summed E-state index contributed by atoms with van der Waals surface area (Å²) in [5.74, 6) is -0.492. The number of carbonyl (C=O) groups is 2. The van der Waals surface area contributed by atoms with Gasteiger partial charge >= 0.3 is 0 Å².